The minimum absolute atomic E-state index is 0.761. The quantitative estimate of drug-likeness (QED) is 0.233. The van der Waals surface area contributed by atoms with Crippen LogP contribution in [0.1, 0.15) is 0 Å². The Morgan fingerprint density at radius 1 is 0.514 bits per heavy atom. The lowest BCUT2D eigenvalue weighted by molar-refractivity contribution is 1.18. The highest BCUT2D eigenvalue weighted by molar-refractivity contribution is 5.76. The van der Waals surface area contributed by atoms with Gasteiger partial charge in [0.25, 0.3) is 0 Å². The molecule has 0 fully saturated rings. The van der Waals surface area contributed by atoms with E-state index in [4.69, 9.17) is 11.5 Å². The normalized spacial score (nSPS) is 10.8. The van der Waals surface area contributed by atoms with Gasteiger partial charge in [-0.25, -0.2) is 0 Å². The summed E-state index contributed by atoms with van der Waals surface area (Å²) in [6.07, 6.45) is 1.87. The Balaban J connectivity index is 1.38. The van der Waals surface area contributed by atoms with Crippen molar-refractivity contribution in [2.75, 3.05) is 35.4 Å². The van der Waals surface area contributed by atoms with Crippen LogP contribution < -0.4 is 21.3 Å². The molecular formula is C32H31N5. The molecule has 0 saturated carbocycles. The standard InChI is InChI=1S/C32H31N5/c1-4-37-31(23-5-13-27(14-6-23)35(2)29-17-9-25(33)10-18-29)21-22-32(37)24-7-15-28(16-8-24)36(3)30-19-11-26(34)12-20-30/h4-22H,1,33-34H2,2-3H3. The summed E-state index contributed by atoms with van der Waals surface area (Å²) in [5, 5.41) is 0. The van der Waals surface area contributed by atoms with Gasteiger partial charge in [0.1, 0.15) is 0 Å². The topological polar surface area (TPSA) is 63.5 Å². The monoisotopic (exact) mass is 485 g/mol. The first-order valence-electron chi connectivity index (χ1n) is 12.2. The number of nitrogens with zero attached hydrogens (tertiary/aromatic N) is 3. The lowest BCUT2D eigenvalue weighted by atomic mass is 10.1. The molecule has 0 aliphatic carbocycles. The van der Waals surface area contributed by atoms with E-state index in [1.807, 2.05) is 54.7 Å². The largest absolute Gasteiger partial charge is 0.399 e. The Morgan fingerprint density at radius 3 is 1.11 bits per heavy atom. The molecule has 184 valence electrons. The predicted octanol–water partition coefficient (Wildman–Crippen LogP) is 7.62. The third kappa shape index (κ3) is 4.80. The number of hydrogen-bond acceptors (Lipinski definition) is 4. The van der Waals surface area contributed by atoms with Crippen LogP contribution in [-0.2, 0) is 0 Å². The molecule has 0 atom stereocenters. The van der Waals surface area contributed by atoms with Crippen LogP contribution in [0.3, 0.4) is 0 Å². The maximum atomic E-state index is 5.84. The average Bonchev–Trinajstić information content (AvgIpc) is 3.37. The zero-order chi connectivity index (χ0) is 25.9. The number of benzene rings is 4. The number of nitrogens with two attached hydrogens (primary N) is 2. The summed E-state index contributed by atoms with van der Waals surface area (Å²) in [5.41, 5.74) is 22.0. The summed E-state index contributed by atoms with van der Waals surface area (Å²) in [6, 6.07) is 37.2. The van der Waals surface area contributed by atoms with Crippen LogP contribution in [0.4, 0.5) is 34.1 Å². The number of nitrogen functional groups attached to an aromatic ring is 2. The molecule has 37 heavy (non-hydrogen) atoms. The van der Waals surface area contributed by atoms with Crippen molar-refractivity contribution in [3.63, 3.8) is 0 Å². The third-order valence-electron chi connectivity index (χ3n) is 6.76. The van der Waals surface area contributed by atoms with Crippen molar-refractivity contribution < 1.29 is 0 Å². The predicted molar refractivity (Wildman–Crippen MR) is 160 cm³/mol. The van der Waals surface area contributed by atoms with E-state index in [2.05, 4.69) is 95.7 Å². The molecule has 5 nitrogen and oxygen atoms in total. The van der Waals surface area contributed by atoms with E-state index >= 15 is 0 Å². The van der Waals surface area contributed by atoms with E-state index in [0.29, 0.717) is 0 Å². The van der Waals surface area contributed by atoms with Crippen LogP contribution >= 0.6 is 0 Å². The molecule has 5 rings (SSSR count). The smallest absolute Gasteiger partial charge is 0.0528 e. The van der Waals surface area contributed by atoms with Gasteiger partial charge in [0.2, 0.25) is 0 Å². The van der Waals surface area contributed by atoms with Gasteiger partial charge in [0.05, 0.1) is 11.4 Å². The van der Waals surface area contributed by atoms with E-state index in [9.17, 15) is 0 Å². The average molecular weight is 486 g/mol. The first-order valence-corrected chi connectivity index (χ1v) is 12.2. The number of aromatic nitrogens is 1. The van der Waals surface area contributed by atoms with Crippen molar-refractivity contribution in [1.82, 2.24) is 4.57 Å². The second-order valence-electron chi connectivity index (χ2n) is 9.05. The van der Waals surface area contributed by atoms with Gasteiger partial charge in [-0.15, -0.1) is 0 Å². The Kier molecular flexibility index (Phi) is 6.43. The molecule has 0 amide bonds. The highest BCUT2D eigenvalue weighted by Crippen LogP contribution is 2.33. The summed E-state index contributed by atoms with van der Waals surface area (Å²) in [5.74, 6) is 0. The zero-order valence-corrected chi connectivity index (χ0v) is 21.2. The molecule has 5 aromatic rings. The van der Waals surface area contributed by atoms with Crippen LogP contribution in [0.15, 0.2) is 116 Å². The number of hydrogen-bond donors (Lipinski definition) is 2. The van der Waals surface area contributed by atoms with Gasteiger partial charge in [-0.2, -0.15) is 0 Å². The van der Waals surface area contributed by atoms with Gasteiger partial charge in [-0.1, -0.05) is 30.8 Å². The SMILES string of the molecule is C=Cn1c(-c2ccc(N(C)c3ccc(N)cc3)cc2)ccc1-c1ccc(N(C)c2ccc(N)cc2)cc1. The van der Waals surface area contributed by atoms with Gasteiger partial charge < -0.3 is 25.8 Å². The Bertz CT molecular complexity index is 1380. The van der Waals surface area contributed by atoms with Crippen molar-refractivity contribution in [3.05, 3.63) is 116 Å². The fourth-order valence-corrected chi connectivity index (χ4v) is 4.52. The summed E-state index contributed by atoms with van der Waals surface area (Å²) in [6.45, 7) is 4.09. The molecule has 4 N–H and O–H groups in total. The second-order valence-corrected chi connectivity index (χ2v) is 9.05. The summed E-state index contributed by atoms with van der Waals surface area (Å²) in [4.78, 5) is 4.29. The van der Waals surface area contributed by atoms with Crippen LogP contribution in [0.5, 0.6) is 0 Å². The van der Waals surface area contributed by atoms with Crippen molar-refractivity contribution in [3.8, 4) is 22.5 Å². The van der Waals surface area contributed by atoms with E-state index in [0.717, 1.165) is 56.6 Å². The first kappa shape index (κ1) is 23.8. The molecular weight excluding hydrogens is 454 g/mol. The molecule has 1 heterocycles. The minimum Gasteiger partial charge on any atom is -0.399 e. The van der Waals surface area contributed by atoms with E-state index < -0.39 is 0 Å². The lowest BCUT2D eigenvalue weighted by Gasteiger charge is -2.20. The molecule has 1 aromatic heterocycles. The molecule has 0 aliphatic heterocycles. The van der Waals surface area contributed by atoms with Crippen LogP contribution in [0, 0.1) is 0 Å². The Hall–Kier alpha value is -4.90. The van der Waals surface area contributed by atoms with E-state index in [1.165, 1.54) is 0 Å². The van der Waals surface area contributed by atoms with Crippen LogP contribution in [0.25, 0.3) is 28.7 Å². The molecule has 0 unspecified atom stereocenters. The van der Waals surface area contributed by atoms with Crippen molar-refractivity contribution >= 4 is 40.3 Å². The number of rotatable bonds is 7. The second kappa shape index (κ2) is 9.99. The van der Waals surface area contributed by atoms with Gasteiger partial charge in [-0.05, 0) is 96.1 Å². The van der Waals surface area contributed by atoms with Gasteiger partial charge >= 0.3 is 0 Å². The van der Waals surface area contributed by atoms with Gasteiger partial charge in [0.15, 0.2) is 0 Å². The highest BCUT2D eigenvalue weighted by atomic mass is 15.1. The fourth-order valence-electron chi connectivity index (χ4n) is 4.52. The molecule has 0 spiro atoms. The fraction of sp³-hybridized carbons (Fsp3) is 0.0625. The van der Waals surface area contributed by atoms with Gasteiger partial charge in [-0.3, -0.25) is 0 Å². The van der Waals surface area contributed by atoms with E-state index in [1.54, 1.807) is 0 Å². The Morgan fingerprint density at radius 2 is 0.811 bits per heavy atom. The molecule has 5 heteroatoms. The van der Waals surface area contributed by atoms with Crippen molar-refractivity contribution in [2.24, 2.45) is 0 Å². The maximum Gasteiger partial charge on any atom is 0.0528 e. The Labute approximate surface area is 218 Å². The van der Waals surface area contributed by atoms with Gasteiger partial charge in [0, 0.05) is 54.4 Å². The van der Waals surface area contributed by atoms with Crippen LogP contribution in [0.2, 0.25) is 0 Å². The first-order chi connectivity index (χ1) is 17.9. The molecule has 4 aromatic carbocycles. The minimum atomic E-state index is 0.761. The summed E-state index contributed by atoms with van der Waals surface area (Å²) in [7, 11) is 4.11. The van der Waals surface area contributed by atoms with E-state index in [-0.39, 0.29) is 0 Å². The third-order valence-corrected chi connectivity index (χ3v) is 6.76. The summed E-state index contributed by atoms with van der Waals surface area (Å²) >= 11 is 0. The van der Waals surface area contributed by atoms with Crippen molar-refractivity contribution in [2.45, 2.75) is 0 Å². The zero-order valence-electron chi connectivity index (χ0n) is 21.2. The molecule has 0 aliphatic rings. The molecule has 0 radical (unpaired) electrons. The molecule has 0 bridgehead atoms. The van der Waals surface area contributed by atoms with Crippen molar-refractivity contribution in [1.29, 1.82) is 0 Å². The maximum absolute atomic E-state index is 5.84. The molecule has 0 saturated heterocycles. The lowest BCUT2D eigenvalue weighted by Crippen LogP contribution is -2.09. The number of anilines is 6. The highest BCUT2D eigenvalue weighted by Gasteiger charge is 2.12. The summed E-state index contributed by atoms with van der Waals surface area (Å²) < 4.78 is 2.14. The van der Waals surface area contributed by atoms with Crippen LogP contribution in [-0.4, -0.2) is 18.7 Å².